The molecule has 5 heteroatoms. The highest BCUT2D eigenvalue weighted by Crippen LogP contribution is 2.37. The molecule has 0 fully saturated rings. The standard InChI is InChI=1S/C15H18N2O3/c1-10(2)8-16-15(20)17-9-11(7-14(18)19)12-5-3-4-6-13(12)17/h3-6,11H,1,7-9H2,2H3,(H,16,20)(H,18,19). The van der Waals surface area contributed by atoms with Gasteiger partial charge in [-0.2, -0.15) is 0 Å². The number of nitrogens with zero attached hydrogens (tertiary/aromatic N) is 1. The SMILES string of the molecule is C=C(C)CNC(=O)N1CC(CC(=O)O)c2ccccc21. The minimum atomic E-state index is -0.853. The van der Waals surface area contributed by atoms with Crippen LogP contribution >= 0.6 is 0 Å². The summed E-state index contributed by atoms with van der Waals surface area (Å²) in [7, 11) is 0. The van der Waals surface area contributed by atoms with E-state index in [4.69, 9.17) is 5.11 Å². The molecule has 0 saturated heterocycles. The maximum absolute atomic E-state index is 12.2. The number of nitrogens with one attached hydrogen (secondary N) is 1. The van der Waals surface area contributed by atoms with Gasteiger partial charge in [-0.05, 0) is 18.6 Å². The van der Waals surface area contributed by atoms with Crippen molar-refractivity contribution in [3.63, 3.8) is 0 Å². The van der Waals surface area contributed by atoms with Crippen molar-refractivity contribution in [3.05, 3.63) is 42.0 Å². The summed E-state index contributed by atoms with van der Waals surface area (Å²) in [6.07, 6.45) is 0.0290. The molecule has 2 rings (SSSR count). The van der Waals surface area contributed by atoms with Crippen molar-refractivity contribution < 1.29 is 14.7 Å². The number of benzene rings is 1. The first-order chi connectivity index (χ1) is 9.49. The first kappa shape index (κ1) is 14.1. The second kappa shape index (κ2) is 5.77. The molecule has 2 N–H and O–H groups in total. The van der Waals surface area contributed by atoms with Crippen molar-refractivity contribution in [2.75, 3.05) is 18.0 Å². The lowest BCUT2D eigenvalue weighted by Crippen LogP contribution is -2.40. The third kappa shape index (κ3) is 2.99. The number of carboxylic acid groups (broad SMARTS) is 1. The molecular weight excluding hydrogens is 256 g/mol. The van der Waals surface area contributed by atoms with Crippen LogP contribution in [0.25, 0.3) is 0 Å². The molecule has 20 heavy (non-hydrogen) atoms. The van der Waals surface area contributed by atoms with E-state index in [1.54, 1.807) is 4.90 Å². The third-order valence-electron chi connectivity index (χ3n) is 3.28. The lowest BCUT2D eigenvalue weighted by atomic mass is 9.98. The molecule has 1 aliphatic rings. The Hall–Kier alpha value is -2.30. The molecule has 0 aromatic heterocycles. The lowest BCUT2D eigenvalue weighted by Gasteiger charge is -2.18. The summed E-state index contributed by atoms with van der Waals surface area (Å²) < 4.78 is 0. The van der Waals surface area contributed by atoms with Gasteiger partial charge in [-0.3, -0.25) is 9.69 Å². The number of para-hydroxylation sites is 1. The molecule has 0 radical (unpaired) electrons. The summed E-state index contributed by atoms with van der Waals surface area (Å²) in [4.78, 5) is 24.7. The zero-order valence-corrected chi connectivity index (χ0v) is 11.4. The number of hydrogen-bond donors (Lipinski definition) is 2. The van der Waals surface area contributed by atoms with Gasteiger partial charge in [-0.1, -0.05) is 30.4 Å². The summed E-state index contributed by atoms with van der Waals surface area (Å²) in [5.41, 5.74) is 2.58. The molecular formula is C15H18N2O3. The van der Waals surface area contributed by atoms with Crippen molar-refractivity contribution in [3.8, 4) is 0 Å². The van der Waals surface area contributed by atoms with E-state index in [9.17, 15) is 9.59 Å². The Kier molecular flexibility index (Phi) is 4.08. The number of urea groups is 1. The maximum Gasteiger partial charge on any atom is 0.322 e. The first-order valence-electron chi connectivity index (χ1n) is 6.49. The predicted molar refractivity (Wildman–Crippen MR) is 77.0 cm³/mol. The summed E-state index contributed by atoms with van der Waals surface area (Å²) in [6.45, 7) is 6.39. The Morgan fingerprint density at radius 1 is 1.45 bits per heavy atom. The fraction of sp³-hybridized carbons (Fsp3) is 0.333. The van der Waals surface area contributed by atoms with Crippen LogP contribution in [0.4, 0.5) is 10.5 Å². The second-order valence-corrected chi connectivity index (χ2v) is 5.08. The number of rotatable bonds is 4. The van der Waals surface area contributed by atoms with Crippen LogP contribution in [0.5, 0.6) is 0 Å². The topological polar surface area (TPSA) is 69.6 Å². The van der Waals surface area contributed by atoms with E-state index in [2.05, 4.69) is 11.9 Å². The third-order valence-corrected chi connectivity index (χ3v) is 3.28. The van der Waals surface area contributed by atoms with Gasteiger partial charge < -0.3 is 10.4 Å². The number of aliphatic carboxylic acids is 1. The number of anilines is 1. The molecule has 1 heterocycles. The Labute approximate surface area is 117 Å². The van der Waals surface area contributed by atoms with E-state index in [-0.39, 0.29) is 18.4 Å². The number of carboxylic acids is 1. The molecule has 1 aromatic carbocycles. The van der Waals surface area contributed by atoms with E-state index in [0.29, 0.717) is 13.1 Å². The average Bonchev–Trinajstić information content (AvgIpc) is 2.74. The van der Waals surface area contributed by atoms with Crippen LogP contribution in [0.1, 0.15) is 24.8 Å². The van der Waals surface area contributed by atoms with Crippen molar-refractivity contribution >= 4 is 17.7 Å². The number of carbonyl (C=O) groups is 2. The molecule has 0 saturated carbocycles. The monoisotopic (exact) mass is 274 g/mol. The highest BCUT2D eigenvalue weighted by atomic mass is 16.4. The number of carbonyl (C=O) groups excluding carboxylic acids is 1. The molecule has 5 nitrogen and oxygen atoms in total. The maximum atomic E-state index is 12.2. The van der Waals surface area contributed by atoms with E-state index < -0.39 is 5.97 Å². The number of hydrogen-bond acceptors (Lipinski definition) is 2. The van der Waals surface area contributed by atoms with Crippen LogP contribution in [0, 0.1) is 0 Å². The Balaban J connectivity index is 2.18. The van der Waals surface area contributed by atoms with Crippen LogP contribution in [0.3, 0.4) is 0 Å². The Morgan fingerprint density at radius 2 is 2.15 bits per heavy atom. The number of fused-ring (bicyclic) bond motifs is 1. The number of amides is 2. The first-order valence-corrected chi connectivity index (χ1v) is 6.49. The van der Waals surface area contributed by atoms with Gasteiger partial charge in [0, 0.05) is 24.7 Å². The average molecular weight is 274 g/mol. The van der Waals surface area contributed by atoms with Gasteiger partial charge in [-0.25, -0.2) is 4.79 Å². The van der Waals surface area contributed by atoms with Gasteiger partial charge in [0.2, 0.25) is 0 Å². The van der Waals surface area contributed by atoms with E-state index >= 15 is 0 Å². The summed E-state index contributed by atoms with van der Waals surface area (Å²) in [5.74, 6) is -1.01. The molecule has 1 unspecified atom stereocenters. The largest absolute Gasteiger partial charge is 0.481 e. The van der Waals surface area contributed by atoms with Gasteiger partial charge >= 0.3 is 12.0 Å². The van der Waals surface area contributed by atoms with Gasteiger partial charge in [-0.15, -0.1) is 0 Å². The normalized spacial score (nSPS) is 16.6. The smallest absolute Gasteiger partial charge is 0.322 e. The molecule has 0 aliphatic carbocycles. The van der Waals surface area contributed by atoms with Gasteiger partial charge in [0.1, 0.15) is 0 Å². The fourth-order valence-electron chi connectivity index (χ4n) is 2.40. The molecule has 1 aromatic rings. The Bertz CT molecular complexity index is 554. The van der Waals surface area contributed by atoms with Gasteiger partial charge in [0.15, 0.2) is 0 Å². The Morgan fingerprint density at radius 3 is 2.80 bits per heavy atom. The van der Waals surface area contributed by atoms with Gasteiger partial charge in [0.25, 0.3) is 0 Å². The highest BCUT2D eigenvalue weighted by Gasteiger charge is 2.33. The van der Waals surface area contributed by atoms with Crippen LogP contribution in [0.15, 0.2) is 36.4 Å². The van der Waals surface area contributed by atoms with Crippen molar-refractivity contribution in [1.82, 2.24) is 5.32 Å². The highest BCUT2D eigenvalue weighted by molar-refractivity contribution is 5.95. The van der Waals surface area contributed by atoms with Crippen LogP contribution in [-0.4, -0.2) is 30.2 Å². The van der Waals surface area contributed by atoms with Crippen LogP contribution in [0.2, 0.25) is 0 Å². The van der Waals surface area contributed by atoms with Crippen molar-refractivity contribution in [2.45, 2.75) is 19.3 Å². The minimum Gasteiger partial charge on any atom is -0.481 e. The molecule has 2 amide bonds. The van der Waals surface area contributed by atoms with E-state index in [1.807, 2.05) is 31.2 Å². The molecule has 0 spiro atoms. The predicted octanol–water partition coefficient (Wildman–Crippen LogP) is 2.35. The fourth-order valence-corrected chi connectivity index (χ4v) is 2.40. The van der Waals surface area contributed by atoms with E-state index in [0.717, 1.165) is 16.8 Å². The minimum absolute atomic E-state index is 0.0290. The molecule has 0 bridgehead atoms. The molecule has 1 aliphatic heterocycles. The zero-order valence-electron chi connectivity index (χ0n) is 11.4. The summed E-state index contributed by atoms with van der Waals surface area (Å²) >= 11 is 0. The summed E-state index contributed by atoms with van der Waals surface area (Å²) in [5, 5.41) is 11.7. The van der Waals surface area contributed by atoms with Crippen LogP contribution < -0.4 is 10.2 Å². The summed E-state index contributed by atoms with van der Waals surface area (Å²) in [6, 6.07) is 7.23. The molecule has 106 valence electrons. The van der Waals surface area contributed by atoms with Crippen LogP contribution in [-0.2, 0) is 4.79 Å². The van der Waals surface area contributed by atoms with Crippen molar-refractivity contribution in [2.24, 2.45) is 0 Å². The molecule has 1 atom stereocenters. The van der Waals surface area contributed by atoms with Crippen molar-refractivity contribution in [1.29, 1.82) is 0 Å². The quantitative estimate of drug-likeness (QED) is 0.828. The van der Waals surface area contributed by atoms with Gasteiger partial charge in [0.05, 0.1) is 6.42 Å². The lowest BCUT2D eigenvalue weighted by molar-refractivity contribution is -0.137. The second-order valence-electron chi connectivity index (χ2n) is 5.08. The zero-order chi connectivity index (χ0) is 14.7. The van der Waals surface area contributed by atoms with E-state index in [1.165, 1.54) is 0 Å².